The highest BCUT2D eigenvalue weighted by atomic mass is 32.2. The van der Waals surface area contributed by atoms with Crippen LogP contribution in [-0.2, 0) is 70.6 Å². The number of fused-ring (bicyclic) bond motifs is 4. The lowest BCUT2D eigenvalue weighted by Crippen LogP contribution is -2.41. The molecule has 5 aromatic rings. The van der Waals surface area contributed by atoms with Crippen molar-refractivity contribution in [1.82, 2.24) is 29.9 Å². The number of benzene rings is 2. The van der Waals surface area contributed by atoms with E-state index >= 15 is 8.78 Å². The molecule has 30 heteroatoms. The molecule has 3 aromatic heterocycles. The Hall–Kier alpha value is -7.73. The molecule has 3 N–H and O–H groups in total. The summed E-state index contributed by atoms with van der Waals surface area (Å²) >= 11 is 0. The highest BCUT2D eigenvalue weighted by Crippen LogP contribution is 2.58. The number of nitrogens with zero attached hydrogens (tertiary/aromatic N) is 6. The van der Waals surface area contributed by atoms with Crippen LogP contribution >= 0.6 is 0 Å². The Kier molecular flexibility index (Phi) is 14.3. The molecule has 0 radical (unpaired) electrons. The molecule has 0 spiro atoms. The van der Waals surface area contributed by atoms with Crippen LogP contribution in [0.1, 0.15) is 71.7 Å². The van der Waals surface area contributed by atoms with Crippen molar-refractivity contribution in [3.05, 3.63) is 93.6 Å². The van der Waals surface area contributed by atoms with E-state index in [9.17, 15) is 81.4 Å². The van der Waals surface area contributed by atoms with Crippen molar-refractivity contribution in [2.24, 2.45) is 5.92 Å². The van der Waals surface area contributed by atoms with Crippen molar-refractivity contribution in [2.75, 3.05) is 16.8 Å². The molecule has 2 amide bonds. The number of carboxylic acid groups (broad SMARTS) is 2. The number of aromatic nitrogens is 5. The molecule has 7 rings (SSSR count). The number of hydrogen-bond acceptors (Lipinski definition) is 12. The van der Waals surface area contributed by atoms with Gasteiger partial charge in [0.25, 0.3) is 0 Å². The molecule has 3 heterocycles. The van der Waals surface area contributed by atoms with E-state index in [0.29, 0.717) is 12.3 Å². The number of rotatable bonds is 15. The van der Waals surface area contributed by atoms with Gasteiger partial charge in [-0.3, -0.25) is 19.0 Å². The van der Waals surface area contributed by atoms with Gasteiger partial charge >= 0.3 is 36.3 Å². The van der Waals surface area contributed by atoms with Gasteiger partial charge < -0.3 is 20.3 Å². The predicted octanol–water partition coefficient (Wildman–Crippen LogP) is 6.39. The van der Waals surface area contributed by atoms with E-state index in [1.54, 1.807) is 0 Å². The van der Waals surface area contributed by atoms with Crippen LogP contribution in [0.2, 0.25) is 0 Å². The molecule has 0 aliphatic heterocycles. The van der Waals surface area contributed by atoms with Gasteiger partial charge in [0.15, 0.2) is 21.3 Å². The molecular weight excluding hydrogens is 1080 g/mol. The third-order valence-corrected chi connectivity index (χ3v) is 14.9. The third kappa shape index (κ3) is 11.1. The van der Waals surface area contributed by atoms with Gasteiger partial charge in [-0.05, 0) is 68.5 Å². The molecule has 4 atom stereocenters. The van der Waals surface area contributed by atoms with Gasteiger partial charge in [-0.1, -0.05) is 29.9 Å². The SMILES string of the molecule is Cc1ccc(-c2ccc(C#CC(C)(C)S(C)(=O)=O)nc2[C@H](Cc2cc(F)cc(F)c2)NC(=O)Cn2nc(C(F)(F)F)c3c2C(F)(F)[C@@H]2C#C[C@H]32)c2c1c(N(C(=O)O[C@@H](CC(=O)O)C(=O)O)S(C)(=O)=O)nn2CC(F)(F)F. The normalized spacial score (nSPS) is 16.7. The minimum absolute atomic E-state index is 0.0944. The largest absolute Gasteiger partial charge is 0.481 e. The molecule has 0 unspecified atom stereocenters. The molecule has 404 valence electrons. The Morgan fingerprint density at radius 3 is 2.09 bits per heavy atom. The Balaban J connectivity index is 1.49. The molecule has 2 aliphatic carbocycles. The number of carbonyl (C=O) groups excluding carboxylic acids is 2. The van der Waals surface area contributed by atoms with Crippen molar-refractivity contribution in [2.45, 2.75) is 87.8 Å². The van der Waals surface area contributed by atoms with Crippen LogP contribution < -0.4 is 9.62 Å². The van der Waals surface area contributed by atoms with Crippen LogP contribution in [-0.4, -0.2) is 105 Å². The molecule has 0 saturated heterocycles. The van der Waals surface area contributed by atoms with Gasteiger partial charge in [-0.2, -0.15) is 49.6 Å². The molecule has 0 bridgehead atoms. The van der Waals surface area contributed by atoms with Crippen LogP contribution in [0.4, 0.5) is 54.5 Å². The van der Waals surface area contributed by atoms with Crippen LogP contribution in [0.3, 0.4) is 0 Å². The number of sulfone groups is 1. The molecule has 18 nitrogen and oxygen atoms in total. The second-order valence-corrected chi connectivity index (χ2v) is 22.4. The van der Waals surface area contributed by atoms with E-state index in [1.165, 1.54) is 20.8 Å². The summed E-state index contributed by atoms with van der Waals surface area (Å²) in [4.78, 5) is 55.6. The van der Waals surface area contributed by atoms with Crippen LogP contribution in [0.25, 0.3) is 22.0 Å². The number of carboxylic acids is 2. The topological polar surface area (TPSA) is 250 Å². The number of ether oxygens (including phenoxy) is 1. The standard InChI is InChI=1S/C46H37F10N7O11S2/c1-21-6-8-27(37-34(21)40(60-62(37)20-44(49,50)51)63(76(5,72)73)42(69)74-31(41(67)68)18-33(65)66)26-9-7-25(12-13-43(2,3)75(4,70)71)57-36(26)30(16-22-14-23(47)17-24(48)15-22)58-32(64)19-61-39-35(38(59-61)46(54,55)56)28-10-11-29(28)45(39,52)53/h6-9,14-15,17,28-31H,16,18-20H2,1-5H3,(H,58,64)(H,65,66)(H,67,68)/t28-,29+,30-,31-/m0/s1. The first-order valence-electron chi connectivity index (χ1n) is 21.7. The Bertz CT molecular complexity index is 3630. The van der Waals surface area contributed by atoms with E-state index in [4.69, 9.17) is 4.74 Å². The maximum atomic E-state index is 15.8. The van der Waals surface area contributed by atoms with Gasteiger partial charge in [-0.25, -0.2) is 40.2 Å². The highest BCUT2D eigenvalue weighted by molar-refractivity contribution is 7.93. The van der Waals surface area contributed by atoms with Crippen molar-refractivity contribution < 1.29 is 94.9 Å². The van der Waals surface area contributed by atoms with Crippen molar-refractivity contribution >= 4 is 60.5 Å². The van der Waals surface area contributed by atoms with Crippen LogP contribution in [0, 0.1) is 48.2 Å². The fourth-order valence-corrected chi connectivity index (χ4v) is 9.26. The lowest BCUT2D eigenvalue weighted by molar-refractivity contribution is -0.152. The molecule has 76 heavy (non-hydrogen) atoms. The van der Waals surface area contributed by atoms with Gasteiger partial charge in [0, 0.05) is 34.4 Å². The summed E-state index contributed by atoms with van der Waals surface area (Å²) in [7, 11) is -9.09. The lowest BCUT2D eigenvalue weighted by Gasteiger charge is -2.24. The number of amides is 2. The number of halogens is 10. The Morgan fingerprint density at radius 1 is 0.921 bits per heavy atom. The monoisotopic (exact) mass is 1120 g/mol. The van der Waals surface area contributed by atoms with Crippen molar-refractivity contribution in [1.29, 1.82) is 0 Å². The maximum Gasteiger partial charge on any atom is 0.435 e. The average Bonchev–Trinajstić information content (AvgIpc) is 3.83. The number of hydrogen-bond donors (Lipinski definition) is 3. The smallest absolute Gasteiger partial charge is 0.435 e. The number of carbonyl (C=O) groups is 4. The Labute approximate surface area is 423 Å². The highest BCUT2D eigenvalue weighted by Gasteiger charge is 2.62. The fourth-order valence-electron chi connectivity index (χ4n) is 8.27. The van der Waals surface area contributed by atoms with Crippen molar-refractivity contribution in [3.8, 4) is 34.8 Å². The number of pyridine rings is 1. The zero-order chi connectivity index (χ0) is 56.6. The van der Waals surface area contributed by atoms with Crippen LogP contribution in [0.15, 0.2) is 42.5 Å². The summed E-state index contributed by atoms with van der Waals surface area (Å²) < 4.78 is 203. The summed E-state index contributed by atoms with van der Waals surface area (Å²) in [6.45, 7) is 0.100. The second kappa shape index (κ2) is 19.4. The van der Waals surface area contributed by atoms with E-state index in [-0.39, 0.29) is 30.5 Å². The van der Waals surface area contributed by atoms with E-state index < -0.39 is 179 Å². The number of aryl methyl sites for hydroxylation is 1. The number of anilines is 1. The minimum Gasteiger partial charge on any atom is -0.481 e. The quantitative estimate of drug-likeness (QED) is 0.0760. The summed E-state index contributed by atoms with van der Waals surface area (Å²) in [5.74, 6) is -7.10. The first-order chi connectivity index (χ1) is 34.9. The van der Waals surface area contributed by atoms with Crippen molar-refractivity contribution in [3.63, 3.8) is 0 Å². The number of nitrogens with one attached hydrogen (secondary N) is 1. The summed E-state index contributed by atoms with van der Waals surface area (Å²) in [6.07, 6.45) is -16.3. The number of sulfonamides is 1. The Morgan fingerprint density at radius 2 is 1.55 bits per heavy atom. The van der Waals surface area contributed by atoms with Crippen LogP contribution in [0.5, 0.6) is 0 Å². The minimum atomic E-state index is -5.33. The van der Waals surface area contributed by atoms with Gasteiger partial charge in [0.05, 0.1) is 35.8 Å². The zero-order valence-corrected chi connectivity index (χ0v) is 41.2. The summed E-state index contributed by atoms with van der Waals surface area (Å²) in [5.41, 5.74) is -6.98. The first kappa shape index (κ1) is 56.0. The average molecular weight is 1120 g/mol. The number of alkyl halides is 8. The molecule has 2 aliphatic rings. The van der Waals surface area contributed by atoms with Gasteiger partial charge in [-0.15, -0.1) is 0 Å². The molecule has 0 saturated carbocycles. The predicted molar refractivity (Wildman–Crippen MR) is 243 cm³/mol. The van der Waals surface area contributed by atoms with E-state index in [0.717, 1.165) is 42.7 Å². The van der Waals surface area contributed by atoms with Gasteiger partial charge in [0.1, 0.15) is 46.8 Å². The lowest BCUT2D eigenvalue weighted by atomic mass is 9.84. The maximum absolute atomic E-state index is 15.8. The van der Waals surface area contributed by atoms with Gasteiger partial charge in [0.2, 0.25) is 22.0 Å². The second-order valence-electron chi connectivity index (χ2n) is 18.0. The third-order valence-electron chi connectivity index (χ3n) is 11.9. The molecular formula is C46H37F10N7O11S2. The summed E-state index contributed by atoms with van der Waals surface area (Å²) in [6, 6.07) is 4.48. The zero-order valence-electron chi connectivity index (χ0n) is 39.5. The first-order valence-corrected chi connectivity index (χ1v) is 25.4. The summed E-state index contributed by atoms with van der Waals surface area (Å²) in [5, 5.41) is 27.7. The fraction of sp³-hybridized carbons (Fsp3) is 0.370. The van der Waals surface area contributed by atoms with E-state index in [1.807, 2.05) is 0 Å². The molecule has 2 aromatic carbocycles. The number of aliphatic carboxylic acids is 2. The van der Waals surface area contributed by atoms with E-state index in [2.05, 4.69) is 44.2 Å². The molecule has 0 fully saturated rings.